The molecule has 0 atom stereocenters. The van der Waals surface area contributed by atoms with Gasteiger partial charge in [-0.1, -0.05) is 43.7 Å². The summed E-state index contributed by atoms with van der Waals surface area (Å²) >= 11 is 0. The van der Waals surface area contributed by atoms with E-state index in [4.69, 9.17) is 0 Å². The lowest BCUT2D eigenvalue weighted by molar-refractivity contribution is 0.856. The highest BCUT2D eigenvalue weighted by atomic mass is 16.1. The van der Waals surface area contributed by atoms with Crippen molar-refractivity contribution in [3.63, 3.8) is 0 Å². The third-order valence-corrected chi connectivity index (χ3v) is 2.41. The Morgan fingerprint density at radius 2 is 2.00 bits per heavy atom. The quantitative estimate of drug-likeness (QED) is 0.852. The van der Waals surface area contributed by atoms with E-state index >= 15 is 0 Å². The first-order valence-corrected chi connectivity index (χ1v) is 5.45. The van der Waals surface area contributed by atoms with Gasteiger partial charge in [-0.3, -0.25) is 4.79 Å². The Labute approximate surface area is 94.2 Å². The molecule has 0 amide bonds. The first-order chi connectivity index (χ1) is 7.81. The molecule has 82 valence electrons. The summed E-state index contributed by atoms with van der Waals surface area (Å²) in [6, 6.07) is 9.85. The highest BCUT2D eigenvalue weighted by molar-refractivity contribution is 5.57. The van der Waals surface area contributed by atoms with Crippen LogP contribution in [0.1, 0.15) is 19.0 Å². The summed E-state index contributed by atoms with van der Waals surface area (Å²) in [6.07, 6.45) is 3.31. The maximum absolute atomic E-state index is 11.5. The minimum absolute atomic E-state index is 0.0819. The predicted molar refractivity (Wildman–Crippen MR) is 64.3 cm³/mol. The Morgan fingerprint density at radius 1 is 1.25 bits per heavy atom. The van der Waals surface area contributed by atoms with Crippen LogP contribution in [0.3, 0.4) is 0 Å². The van der Waals surface area contributed by atoms with Crippen molar-refractivity contribution in [3.05, 3.63) is 52.6 Å². The molecule has 0 saturated carbocycles. The third kappa shape index (κ3) is 2.19. The molecule has 2 rings (SSSR count). The Morgan fingerprint density at radius 3 is 2.69 bits per heavy atom. The van der Waals surface area contributed by atoms with Gasteiger partial charge in [0, 0.05) is 11.8 Å². The fourth-order valence-corrected chi connectivity index (χ4v) is 1.61. The van der Waals surface area contributed by atoms with Gasteiger partial charge >= 0.3 is 0 Å². The largest absolute Gasteiger partial charge is 0.325 e. The molecule has 3 nitrogen and oxygen atoms in total. The summed E-state index contributed by atoms with van der Waals surface area (Å²) in [7, 11) is 0. The molecule has 2 aromatic rings. The van der Waals surface area contributed by atoms with Gasteiger partial charge in [0.2, 0.25) is 0 Å². The van der Waals surface area contributed by atoms with E-state index in [0.717, 1.165) is 24.1 Å². The van der Waals surface area contributed by atoms with Crippen LogP contribution in [0.2, 0.25) is 0 Å². The topological polar surface area (TPSA) is 45.8 Å². The number of benzene rings is 1. The molecule has 0 saturated heterocycles. The number of hydrogen-bond donors (Lipinski definition) is 1. The van der Waals surface area contributed by atoms with Crippen molar-refractivity contribution in [1.82, 2.24) is 9.97 Å². The monoisotopic (exact) mass is 214 g/mol. The Kier molecular flexibility index (Phi) is 3.15. The zero-order valence-electron chi connectivity index (χ0n) is 9.23. The summed E-state index contributed by atoms with van der Waals surface area (Å²) in [4.78, 5) is 18.6. The Bertz CT molecular complexity index is 517. The third-order valence-electron chi connectivity index (χ3n) is 2.41. The average Bonchev–Trinajstić information content (AvgIpc) is 2.33. The minimum atomic E-state index is -0.0819. The molecule has 1 heterocycles. The molecule has 16 heavy (non-hydrogen) atoms. The van der Waals surface area contributed by atoms with Crippen LogP contribution in [-0.2, 0) is 6.42 Å². The lowest BCUT2D eigenvalue weighted by Crippen LogP contribution is -2.14. The van der Waals surface area contributed by atoms with E-state index in [-0.39, 0.29) is 5.56 Å². The molecule has 1 N–H and O–H groups in total. The predicted octanol–water partition coefficient (Wildman–Crippen LogP) is 2.39. The second kappa shape index (κ2) is 4.75. The van der Waals surface area contributed by atoms with Crippen molar-refractivity contribution in [2.24, 2.45) is 0 Å². The number of aromatic nitrogens is 2. The molecular formula is C13H14N2O. The normalized spacial score (nSPS) is 10.3. The van der Waals surface area contributed by atoms with Gasteiger partial charge in [0.25, 0.3) is 5.56 Å². The van der Waals surface area contributed by atoms with Gasteiger partial charge in [0.15, 0.2) is 0 Å². The number of aromatic amines is 1. The van der Waals surface area contributed by atoms with E-state index in [1.54, 1.807) is 6.20 Å². The van der Waals surface area contributed by atoms with Crippen LogP contribution in [-0.4, -0.2) is 9.97 Å². The van der Waals surface area contributed by atoms with Gasteiger partial charge < -0.3 is 4.98 Å². The van der Waals surface area contributed by atoms with E-state index in [1.807, 2.05) is 37.3 Å². The van der Waals surface area contributed by atoms with Crippen LogP contribution in [0.4, 0.5) is 0 Å². The van der Waals surface area contributed by atoms with Gasteiger partial charge in [0.05, 0.1) is 5.69 Å². The molecule has 1 aromatic heterocycles. The van der Waals surface area contributed by atoms with Crippen molar-refractivity contribution in [2.75, 3.05) is 0 Å². The van der Waals surface area contributed by atoms with Crippen LogP contribution in [0.5, 0.6) is 0 Å². The Balaban J connectivity index is 2.44. The fourth-order valence-electron chi connectivity index (χ4n) is 1.61. The van der Waals surface area contributed by atoms with Crippen molar-refractivity contribution < 1.29 is 0 Å². The number of nitrogens with one attached hydrogen (secondary N) is 1. The van der Waals surface area contributed by atoms with E-state index < -0.39 is 0 Å². The molecule has 0 aliphatic carbocycles. The van der Waals surface area contributed by atoms with Crippen LogP contribution in [0.15, 0.2) is 41.3 Å². The van der Waals surface area contributed by atoms with Crippen LogP contribution < -0.4 is 5.56 Å². The molecule has 3 heteroatoms. The molecule has 0 spiro atoms. The van der Waals surface area contributed by atoms with E-state index in [2.05, 4.69) is 9.97 Å². The van der Waals surface area contributed by atoms with Crippen molar-refractivity contribution in [3.8, 4) is 11.3 Å². The summed E-state index contributed by atoms with van der Waals surface area (Å²) in [5, 5.41) is 0. The lowest BCUT2D eigenvalue weighted by atomic mass is 10.1. The Hall–Kier alpha value is -1.90. The average molecular weight is 214 g/mol. The summed E-state index contributed by atoms with van der Waals surface area (Å²) in [5.74, 6) is 0. The van der Waals surface area contributed by atoms with Crippen LogP contribution in [0, 0.1) is 0 Å². The van der Waals surface area contributed by atoms with Crippen molar-refractivity contribution >= 4 is 0 Å². The SMILES string of the molecule is CCCc1nc(-c2ccccc2)c[nH]c1=O. The minimum Gasteiger partial charge on any atom is -0.325 e. The van der Waals surface area contributed by atoms with Gasteiger partial charge in [0.1, 0.15) is 5.69 Å². The number of hydrogen-bond acceptors (Lipinski definition) is 2. The highest BCUT2D eigenvalue weighted by Crippen LogP contribution is 2.14. The highest BCUT2D eigenvalue weighted by Gasteiger charge is 2.04. The molecule has 0 unspecified atom stereocenters. The second-order valence-corrected chi connectivity index (χ2v) is 3.68. The van der Waals surface area contributed by atoms with E-state index in [9.17, 15) is 4.79 Å². The van der Waals surface area contributed by atoms with E-state index in [0.29, 0.717) is 5.69 Å². The fraction of sp³-hybridized carbons (Fsp3) is 0.231. The summed E-state index contributed by atoms with van der Waals surface area (Å²) in [6.45, 7) is 2.04. The second-order valence-electron chi connectivity index (χ2n) is 3.68. The zero-order chi connectivity index (χ0) is 11.4. The number of H-pyrrole nitrogens is 1. The van der Waals surface area contributed by atoms with Gasteiger partial charge in [-0.25, -0.2) is 4.98 Å². The molecule has 0 bridgehead atoms. The molecule has 1 aromatic carbocycles. The number of aryl methyl sites for hydroxylation is 1. The maximum atomic E-state index is 11.5. The van der Waals surface area contributed by atoms with Crippen LogP contribution >= 0.6 is 0 Å². The smallest absolute Gasteiger partial charge is 0.269 e. The first-order valence-electron chi connectivity index (χ1n) is 5.45. The van der Waals surface area contributed by atoms with Gasteiger partial charge in [-0.15, -0.1) is 0 Å². The van der Waals surface area contributed by atoms with Crippen LogP contribution in [0.25, 0.3) is 11.3 Å². The lowest BCUT2D eigenvalue weighted by Gasteiger charge is -2.02. The molecule has 0 radical (unpaired) electrons. The first kappa shape index (κ1) is 10.6. The van der Waals surface area contributed by atoms with E-state index in [1.165, 1.54) is 0 Å². The standard InChI is InChI=1S/C13H14N2O/c1-2-6-11-13(16)14-9-12(15-11)10-7-4-3-5-8-10/h3-5,7-9H,2,6H2,1H3,(H,14,16). The summed E-state index contributed by atoms with van der Waals surface area (Å²) in [5.41, 5.74) is 2.38. The van der Waals surface area contributed by atoms with Gasteiger partial charge in [-0.2, -0.15) is 0 Å². The zero-order valence-corrected chi connectivity index (χ0v) is 9.23. The number of nitrogens with zero attached hydrogens (tertiary/aromatic N) is 1. The van der Waals surface area contributed by atoms with Crippen molar-refractivity contribution in [1.29, 1.82) is 0 Å². The summed E-state index contributed by atoms with van der Waals surface area (Å²) < 4.78 is 0. The number of rotatable bonds is 3. The molecular weight excluding hydrogens is 200 g/mol. The molecule has 0 aliphatic heterocycles. The van der Waals surface area contributed by atoms with Gasteiger partial charge in [-0.05, 0) is 6.42 Å². The maximum Gasteiger partial charge on any atom is 0.269 e. The van der Waals surface area contributed by atoms with Crippen molar-refractivity contribution in [2.45, 2.75) is 19.8 Å². The molecule has 0 aliphatic rings. The molecule has 0 fully saturated rings.